The van der Waals surface area contributed by atoms with Crippen molar-refractivity contribution in [2.45, 2.75) is 26.2 Å². The first-order valence-corrected chi connectivity index (χ1v) is 10.6. The van der Waals surface area contributed by atoms with E-state index in [4.69, 9.17) is 10.7 Å². The van der Waals surface area contributed by atoms with Crippen molar-refractivity contribution in [1.82, 2.24) is 20.3 Å². The maximum Gasteiger partial charge on any atom is 0.259 e. The Bertz CT molecular complexity index is 1410. The number of carbonyl (C=O) groups excluding carboxylic acids is 1. The summed E-state index contributed by atoms with van der Waals surface area (Å²) in [6.45, 7) is 5.63. The first kappa shape index (κ1) is 22.0. The van der Waals surface area contributed by atoms with Crippen LogP contribution in [0.2, 0.25) is 0 Å². The Morgan fingerprint density at radius 2 is 1.85 bits per heavy atom. The van der Waals surface area contributed by atoms with Crippen molar-refractivity contribution in [3.05, 3.63) is 76.3 Å². The van der Waals surface area contributed by atoms with Crippen LogP contribution in [0.15, 0.2) is 59.7 Å². The minimum absolute atomic E-state index is 0.0671. The molecule has 5 N–H and O–H groups in total. The Labute approximate surface area is 191 Å². The second kappa shape index (κ2) is 8.38. The lowest BCUT2D eigenvalue weighted by Gasteiger charge is -2.23. The number of pyridine rings is 3. The number of nitrogens with zero attached hydrogens (tertiary/aromatic N) is 2. The van der Waals surface area contributed by atoms with E-state index in [1.807, 2.05) is 63.2 Å². The lowest BCUT2D eigenvalue weighted by Crippen LogP contribution is -2.37. The van der Waals surface area contributed by atoms with Gasteiger partial charge in [-0.05, 0) is 67.6 Å². The molecule has 0 bridgehead atoms. The number of H-pyrrole nitrogens is 1. The Morgan fingerprint density at radius 3 is 2.52 bits per heavy atom. The molecule has 0 unspecified atom stereocenters. The topological polar surface area (TPSA) is 126 Å². The molecule has 1 aromatic carbocycles. The van der Waals surface area contributed by atoms with Gasteiger partial charge in [0, 0.05) is 30.7 Å². The van der Waals surface area contributed by atoms with E-state index in [-0.39, 0.29) is 11.5 Å². The number of nitrogens with one attached hydrogen (secondary N) is 3. The van der Waals surface area contributed by atoms with Gasteiger partial charge in [-0.2, -0.15) is 0 Å². The third-order valence-corrected chi connectivity index (χ3v) is 5.83. The van der Waals surface area contributed by atoms with E-state index < -0.39 is 5.41 Å². The van der Waals surface area contributed by atoms with E-state index in [0.717, 1.165) is 27.8 Å². The summed E-state index contributed by atoms with van der Waals surface area (Å²) in [6.07, 6.45) is 3.28. The van der Waals surface area contributed by atoms with E-state index in [1.54, 1.807) is 19.4 Å². The summed E-state index contributed by atoms with van der Waals surface area (Å²) >= 11 is 0. The van der Waals surface area contributed by atoms with Crippen LogP contribution in [0, 0.1) is 6.92 Å². The lowest BCUT2D eigenvalue weighted by molar-refractivity contribution is -0.125. The zero-order valence-electron chi connectivity index (χ0n) is 19.0. The van der Waals surface area contributed by atoms with Gasteiger partial charge in [0.15, 0.2) is 0 Å². The van der Waals surface area contributed by atoms with Gasteiger partial charge in [0.2, 0.25) is 5.91 Å². The molecule has 4 rings (SSSR count). The van der Waals surface area contributed by atoms with Gasteiger partial charge in [-0.3, -0.25) is 9.59 Å². The number of aryl methyl sites for hydroxylation is 1. The highest BCUT2D eigenvalue weighted by Crippen LogP contribution is 2.30. The molecular formula is C25H26N6O2. The van der Waals surface area contributed by atoms with E-state index in [1.165, 1.54) is 0 Å². The zero-order valence-corrected chi connectivity index (χ0v) is 19.0. The Morgan fingerprint density at radius 1 is 1.12 bits per heavy atom. The van der Waals surface area contributed by atoms with Gasteiger partial charge >= 0.3 is 0 Å². The second-order valence-electron chi connectivity index (χ2n) is 8.46. The van der Waals surface area contributed by atoms with Crippen LogP contribution in [-0.2, 0) is 10.2 Å². The average Bonchev–Trinajstić information content (AvgIpc) is 2.80. The fourth-order valence-electron chi connectivity index (χ4n) is 3.73. The highest BCUT2D eigenvalue weighted by atomic mass is 16.2. The SMILES string of the molecule is CNC(=O)C(C)(C)c1ccc(Nc2nc(-c3cnc(N)c(C)c3)cc3cc[nH]c(=O)c23)cc1. The van der Waals surface area contributed by atoms with Crippen molar-refractivity contribution in [1.29, 1.82) is 0 Å². The average molecular weight is 443 g/mol. The molecule has 0 atom stereocenters. The van der Waals surface area contributed by atoms with Gasteiger partial charge in [0.05, 0.1) is 16.5 Å². The van der Waals surface area contributed by atoms with Crippen molar-refractivity contribution in [2.75, 3.05) is 18.1 Å². The van der Waals surface area contributed by atoms with Gasteiger partial charge < -0.3 is 21.4 Å². The molecule has 168 valence electrons. The summed E-state index contributed by atoms with van der Waals surface area (Å²) in [5.74, 6) is 0.828. The van der Waals surface area contributed by atoms with E-state index in [0.29, 0.717) is 22.7 Å². The van der Waals surface area contributed by atoms with Crippen LogP contribution >= 0.6 is 0 Å². The Balaban J connectivity index is 1.78. The number of aromatic amines is 1. The molecule has 8 nitrogen and oxygen atoms in total. The van der Waals surface area contributed by atoms with E-state index in [9.17, 15) is 9.59 Å². The maximum atomic E-state index is 12.6. The molecular weight excluding hydrogens is 416 g/mol. The molecule has 1 amide bonds. The predicted molar refractivity (Wildman–Crippen MR) is 132 cm³/mol. The number of nitrogen functional groups attached to an aromatic ring is 1. The maximum absolute atomic E-state index is 12.6. The van der Waals surface area contributed by atoms with Crippen molar-refractivity contribution in [3.8, 4) is 11.3 Å². The summed E-state index contributed by atoms with van der Waals surface area (Å²) in [5.41, 5.74) is 8.90. The summed E-state index contributed by atoms with van der Waals surface area (Å²) in [7, 11) is 1.62. The van der Waals surface area contributed by atoms with Gasteiger partial charge in [-0.25, -0.2) is 9.97 Å². The fraction of sp³-hybridized carbons (Fsp3) is 0.200. The molecule has 3 aromatic heterocycles. The van der Waals surface area contributed by atoms with Gasteiger partial charge in [0.1, 0.15) is 11.6 Å². The molecule has 0 fully saturated rings. The highest BCUT2D eigenvalue weighted by Gasteiger charge is 2.28. The smallest absolute Gasteiger partial charge is 0.259 e. The van der Waals surface area contributed by atoms with Gasteiger partial charge in [-0.1, -0.05) is 12.1 Å². The van der Waals surface area contributed by atoms with Crippen LogP contribution in [0.25, 0.3) is 22.0 Å². The number of hydrogen-bond donors (Lipinski definition) is 4. The number of fused-ring (bicyclic) bond motifs is 1. The number of carbonyl (C=O) groups is 1. The second-order valence-corrected chi connectivity index (χ2v) is 8.46. The predicted octanol–water partition coefficient (Wildman–Crippen LogP) is 3.64. The first-order valence-electron chi connectivity index (χ1n) is 10.6. The minimum Gasteiger partial charge on any atom is -0.383 e. The molecule has 33 heavy (non-hydrogen) atoms. The summed E-state index contributed by atoms with van der Waals surface area (Å²) in [5, 5.41) is 7.17. The number of hydrogen-bond acceptors (Lipinski definition) is 6. The van der Waals surface area contributed by atoms with E-state index in [2.05, 4.69) is 20.6 Å². The number of aromatic nitrogens is 3. The van der Waals surface area contributed by atoms with E-state index >= 15 is 0 Å². The quantitative estimate of drug-likeness (QED) is 0.374. The standard InChI is InChI=1S/C25H26N6O2/c1-14-11-16(13-29-21(14)26)19-12-15-9-10-28-23(32)20(15)22(31-19)30-18-7-5-17(6-8-18)25(2,3)24(33)27-4/h5-13H,1-4H3,(H2,26,29)(H,27,33)(H,28,32)(H,30,31). The molecule has 3 heterocycles. The van der Waals surface area contributed by atoms with Crippen LogP contribution < -0.4 is 21.9 Å². The molecule has 0 saturated carbocycles. The summed E-state index contributed by atoms with van der Waals surface area (Å²) in [6, 6.07) is 13.1. The highest BCUT2D eigenvalue weighted by molar-refractivity contribution is 5.95. The number of anilines is 3. The van der Waals surface area contributed by atoms with Crippen LogP contribution in [0.3, 0.4) is 0 Å². The summed E-state index contributed by atoms with van der Waals surface area (Å²) in [4.78, 5) is 36.5. The third-order valence-electron chi connectivity index (χ3n) is 5.83. The molecule has 4 aromatic rings. The molecule has 8 heteroatoms. The molecule has 0 aliphatic heterocycles. The molecule has 0 radical (unpaired) electrons. The minimum atomic E-state index is -0.671. The normalized spacial score (nSPS) is 11.4. The number of benzene rings is 1. The Kier molecular flexibility index (Phi) is 5.59. The fourth-order valence-corrected chi connectivity index (χ4v) is 3.73. The zero-order chi connectivity index (χ0) is 23.8. The third kappa shape index (κ3) is 4.15. The molecule has 0 aliphatic rings. The molecule has 0 spiro atoms. The van der Waals surface area contributed by atoms with Crippen molar-refractivity contribution < 1.29 is 4.79 Å². The first-order chi connectivity index (χ1) is 15.7. The van der Waals surface area contributed by atoms with Crippen molar-refractivity contribution in [2.24, 2.45) is 0 Å². The number of likely N-dealkylation sites (N-methyl/N-ethyl adjacent to an activating group) is 1. The van der Waals surface area contributed by atoms with Crippen LogP contribution in [0.1, 0.15) is 25.0 Å². The molecule has 0 aliphatic carbocycles. The van der Waals surface area contributed by atoms with Crippen molar-refractivity contribution in [3.63, 3.8) is 0 Å². The largest absolute Gasteiger partial charge is 0.383 e. The number of rotatable bonds is 5. The lowest BCUT2D eigenvalue weighted by atomic mass is 9.83. The van der Waals surface area contributed by atoms with Crippen LogP contribution in [0.4, 0.5) is 17.3 Å². The van der Waals surface area contributed by atoms with Crippen molar-refractivity contribution >= 4 is 34.0 Å². The monoisotopic (exact) mass is 442 g/mol. The number of nitrogens with two attached hydrogens (primary N) is 1. The Hall–Kier alpha value is -4.20. The van der Waals surface area contributed by atoms with Gasteiger partial charge in [0.25, 0.3) is 5.56 Å². The summed E-state index contributed by atoms with van der Waals surface area (Å²) < 4.78 is 0. The van der Waals surface area contributed by atoms with Gasteiger partial charge in [-0.15, -0.1) is 0 Å². The molecule has 0 saturated heterocycles. The van der Waals surface area contributed by atoms with Crippen LogP contribution in [0.5, 0.6) is 0 Å². The number of amides is 1. The van der Waals surface area contributed by atoms with Crippen LogP contribution in [-0.4, -0.2) is 27.9 Å².